The van der Waals surface area contributed by atoms with Crippen LogP contribution in [0.1, 0.15) is 0 Å². The minimum absolute atomic E-state index is 0.600. The van der Waals surface area contributed by atoms with Crippen molar-refractivity contribution >= 4 is 27.5 Å². The van der Waals surface area contributed by atoms with Crippen LogP contribution in [0.5, 0.6) is 0 Å². The van der Waals surface area contributed by atoms with Crippen LogP contribution in [-0.4, -0.2) is 0 Å². The highest BCUT2D eigenvalue weighted by Crippen LogP contribution is 2.21. The van der Waals surface area contributed by atoms with E-state index in [0.717, 1.165) is 10.1 Å². The van der Waals surface area contributed by atoms with Crippen LogP contribution in [0.2, 0.25) is 0 Å². The van der Waals surface area contributed by atoms with Gasteiger partial charge in [0.1, 0.15) is 5.16 Å². The molecule has 0 aromatic rings. The molecule has 1 heterocycles. The molecule has 0 saturated carbocycles. The SMILES string of the molecule is C=C1C=C(Cl)NC=C1Br. The Bertz CT molecular complexity index is 205. The van der Waals surface area contributed by atoms with Gasteiger partial charge in [0.05, 0.1) is 0 Å². The molecule has 0 saturated heterocycles. The molecule has 0 aromatic heterocycles. The lowest BCUT2D eigenvalue weighted by atomic mass is 10.2. The third kappa shape index (κ3) is 1.60. The lowest BCUT2D eigenvalue weighted by Gasteiger charge is -2.07. The second-order valence-corrected chi connectivity index (χ2v) is 2.92. The quantitative estimate of drug-likeness (QED) is 0.601. The van der Waals surface area contributed by atoms with Gasteiger partial charge in [-0.3, -0.25) is 0 Å². The zero-order valence-electron chi connectivity index (χ0n) is 4.62. The number of allylic oxidation sites excluding steroid dienone is 3. The van der Waals surface area contributed by atoms with Gasteiger partial charge in [0.2, 0.25) is 0 Å². The molecule has 48 valence electrons. The number of rotatable bonds is 0. The Balaban J connectivity index is 2.82. The maximum absolute atomic E-state index is 5.60. The molecule has 0 radical (unpaired) electrons. The van der Waals surface area contributed by atoms with Crippen molar-refractivity contribution in [1.82, 2.24) is 5.32 Å². The summed E-state index contributed by atoms with van der Waals surface area (Å²) in [5.41, 5.74) is 0.888. The third-order valence-electron chi connectivity index (χ3n) is 0.944. The minimum Gasteiger partial charge on any atom is -0.351 e. The van der Waals surface area contributed by atoms with Gasteiger partial charge in [0.15, 0.2) is 0 Å². The average Bonchev–Trinajstić information content (AvgIpc) is 1.80. The zero-order chi connectivity index (χ0) is 6.85. The van der Waals surface area contributed by atoms with Gasteiger partial charge in [-0.05, 0) is 27.6 Å². The summed E-state index contributed by atoms with van der Waals surface area (Å²) in [5.74, 6) is 0. The van der Waals surface area contributed by atoms with E-state index < -0.39 is 0 Å². The highest BCUT2D eigenvalue weighted by Gasteiger charge is 2.01. The predicted molar refractivity (Wildman–Crippen MR) is 43.2 cm³/mol. The van der Waals surface area contributed by atoms with E-state index in [4.69, 9.17) is 11.6 Å². The molecular weight excluding hydrogens is 201 g/mol. The molecule has 1 aliphatic rings. The third-order valence-corrected chi connectivity index (χ3v) is 1.90. The molecular formula is C6H5BrClN. The normalized spacial score (nSPS) is 18.2. The van der Waals surface area contributed by atoms with Crippen molar-refractivity contribution in [1.29, 1.82) is 0 Å². The monoisotopic (exact) mass is 205 g/mol. The Labute approximate surface area is 67.2 Å². The van der Waals surface area contributed by atoms with E-state index in [2.05, 4.69) is 27.8 Å². The molecule has 1 rings (SSSR count). The van der Waals surface area contributed by atoms with Crippen molar-refractivity contribution in [2.75, 3.05) is 0 Å². The van der Waals surface area contributed by atoms with Gasteiger partial charge in [0, 0.05) is 10.7 Å². The minimum atomic E-state index is 0.600. The molecule has 0 bridgehead atoms. The molecule has 0 aromatic carbocycles. The van der Waals surface area contributed by atoms with Crippen LogP contribution < -0.4 is 5.32 Å². The highest BCUT2D eigenvalue weighted by atomic mass is 79.9. The van der Waals surface area contributed by atoms with E-state index in [1.165, 1.54) is 0 Å². The van der Waals surface area contributed by atoms with Gasteiger partial charge >= 0.3 is 0 Å². The number of nitrogens with one attached hydrogen (secondary N) is 1. The van der Waals surface area contributed by atoms with Crippen LogP contribution >= 0.6 is 27.5 Å². The smallest absolute Gasteiger partial charge is 0.106 e. The Morgan fingerprint density at radius 1 is 1.67 bits per heavy atom. The fourth-order valence-electron chi connectivity index (χ4n) is 0.489. The van der Waals surface area contributed by atoms with Crippen LogP contribution in [0.15, 0.2) is 34.1 Å². The maximum Gasteiger partial charge on any atom is 0.106 e. The van der Waals surface area contributed by atoms with Crippen LogP contribution in [0.4, 0.5) is 0 Å². The van der Waals surface area contributed by atoms with E-state index in [1.54, 1.807) is 12.3 Å². The summed E-state index contributed by atoms with van der Waals surface area (Å²) in [5, 5.41) is 3.42. The summed E-state index contributed by atoms with van der Waals surface area (Å²) in [4.78, 5) is 0. The average molecular weight is 206 g/mol. The molecule has 0 fully saturated rings. The maximum atomic E-state index is 5.60. The van der Waals surface area contributed by atoms with Gasteiger partial charge in [-0.1, -0.05) is 18.2 Å². The highest BCUT2D eigenvalue weighted by molar-refractivity contribution is 9.12. The summed E-state index contributed by atoms with van der Waals surface area (Å²) in [6.45, 7) is 3.73. The molecule has 1 N–H and O–H groups in total. The van der Waals surface area contributed by atoms with Crippen molar-refractivity contribution < 1.29 is 0 Å². The van der Waals surface area contributed by atoms with Crippen LogP contribution in [-0.2, 0) is 0 Å². The van der Waals surface area contributed by atoms with E-state index in [9.17, 15) is 0 Å². The van der Waals surface area contributed by atoms with E-state index in [-0.39, 0.29) is 0 Å². The van der Waals surface area contributed by atoms with E-state index >= 15 is 0 Å². The molecule has 0 unspecified atom stereocenters. The van der Waals surface area contributed by atoms with Crippen LogP contribution in [0, 0.1) is 0 Å². The van der Waals surface area contributed by atoms with E-state index in [1.807, 2.05) is 0 Å². The van der Waals surface area contributed by atoms with Gasteiger partial charge in [-0.2, -0.15) is 0 Å². The summed E-state index contributed by atoms with van der Waals surface area (Å²) < 4.78 is 0.937. The molecule has 3 heteroatoms. The van der Waals surface area contributed by atoms with Crippen molar-refractivity contribution in [3.63, 3.8) is 0 Å². The fourth-order valence-corrected chi connectivity index (χ4v) is 0.904. The second kappa shape index (κ2) is 2.58. The summed E-state index contributed by atoms with van der Waals surface area (Å²) in [7, 11) is 0. The van der Waals surface area contributed by atoms with Gasteiger partial charge in [-0.15, -0.1) is 0 Å². The zero-order valence-corrected chi connectivity index (χ0v) is 6.96. The molecule has 0 amide bonds. The Morgan fingerprint density at radius 3 is 2.78 bits per heavy atom. The second-order valence-electron chi connectivity index (χ2n) is 1.65. The van der Waals surface area contributed by atoms with Crippen LogP contribution in [0.25, 0.3) is 0 Å². The van der Waals surface area contributed by atoms with E-state index in [0.29, 0.717) is 5.16 Å². The number of hydrogen-bond acceptors (Lipinski definition) is 1. The summed E-state index contributed by atoms with van der Waals surface area (Å²) in [6, 6.07) is 0. The predicted octanol–water partition coefficient (Wildman–Crippen LogP) is 2.46. The Hall–Kier alpha value is -0.210. The topological polar surface area (TPSA) is 12.0 Å². The summed E-state index contributed by atoms with van der Waals surface area (Å²) >= 11 is 8.88. The van der Waals surface area contributed by atoms with Gasteiger partial charge < -0.3 is 5.32 Å². The van der Waals surface area contributed by atoms with Crippen molar-refractivity contribution in [2.45, 2.75) is 0 Å². The lowest BCUT2D eigenvalue weighted by molar-refractivity contribution is 1.13. The Kier molecular flexibility index (Phi) is 1.98. The standard InChI is InChI=1S/C6H5BrClN/c1-4-2-6(8)9-3-5(4)7/h2-3,9H,1H2. The Morgan fingerprint density at radius 2 is 2.33 bits per heavy atom. The van der Waals surface area contributed by atoms with Gasteiger partial charge in [-0.25, -0.2) is 0 Å². The van der Waals surface area contributed by atoms with Crippen LogP contribution in [0.3, 0.4) is 0 Å². The first-order valence-electron chi connectivity index (χ1n) is 2.39. The van der Waals surface area contributed by atoms with Gasteiger partial charge in [0.25, 0.3) is 0 Å². The first-order chi connectivity index (χ1) is 4.20. The molecule has 1 nitrogen and oxygen atoms in total. The molecule has 0 aliphatic carbocycles. The first-order valence-corrected chi connectivity index (χ1v) is 3.56. The number of halogens is 2. The van der Waals surface area contributed by atoms with Crippen molar-refractivity contribution in [3.05, 3.63) is 34.1 Å². The molecule has 0 atom stereocenters. The molecule has 9 heavy (non-hydrogen) atoms. The number of dihydropyridines is 1. The number of hydrogen-bond donors (Lipinski definition) is 1. The lowest BCUT2D eigenvalue weighted by Crippen LogP contribution is -2.04. The fraction of sp³-hybridized carbons (Fsp3) is 0. The summed E-state index contributed by atoms with van der Waals surface area (Å²) in [6.07, 6.45) is 3.51. The van der Waals surface area contributed by atoms with Crippen molar-refractivity contribution in [2.24, 2.45) is 0 Å². The van der Waals surface area contributed by atoms with Crippen molar-refractivity contribution in [3.8, 4) is 0 Å². The molecule has 1 aliphatic heterocycles. The largest absolute Gasteiger partial charge is 0.351 e. The first kappa shape index (κ1) is 6.90. The molecule has 0 spiro atoms.